The lowest BCUT2D eigenvalue weighted by Crippen LogP contribution is -2.22. The Kier molecular flexibility index (Phi) is 6.58. The number of aliphatic hydroxyl groups excluding tert-OH is 1. The molecule has 21 heavy (non-hydrogen) atoms. The third-order valence-corrected chi connectivity index (χ3v) is 2.89. The molecule has 1 N–H and O–H groups in total. The third kappa shape index (κ3) is 5.69. The molecule has 6 heteroatoms. The van der Waals surface area contributed by atoms with Crippen LogP contribution in [0.5, 0.6) is 0 Å². The van der Waals surface area contributed by atoms with Crippen molar-refractivity contribution in [2.24, 2.45) is 0 Å². The topological polar surface area (TPSA) is 85.4 Å². The first-order valence-corrected chi connectivity index (χ1v) is 6.92. The summed E-state index contributed by atoms with van der Waals surface area (Å²) in [5.74, 6) is -1.39. The average molecular weight is 298 g/mol. The van der Waals surface area contributed by atoms with E-state index in [0.29, 0.717) is 19.4 Å². The second kappa shape index (κ2) is 7.95. The van der Waals surface area contributed by atoms with E-state index in [1.807, 2.05) is 6.92 Å². The molecule has 0 bridgehead atoms. The average Bonchev–Trinajstić information content (AvgIpc) is 3.25. The summed E-state index contributed by atoms with van der Waals surface area (Å²) in [6.45, 7) is 9.02. The molecule has 1 fully saturated rings. The van der Waals surface area contributed by atoms with Crippen molar-refractivity contribution in [3.8, 4) is 0 Å². The van der Waals surface area contributed by atoms with Crippen LogP contribution in [0, 0.1) is 0 Å². The van der Waals surface area contributed by atoms with E-state index in [4.69, 9.17) is 14.2 Å². The molecule has 1 aliphatic rings. The fraction of sp³-hybridized carbons (Fsp3) is 0.600. The number of rotatable bonds is 8. The normalized spacial score (nSPS) is 19.3. The lowest BCUT2D eigenvalue weighted by molar-refractivity contribution is -0.140. The minimum Gasteiger partial charge on any atom is -0.459 e. The zero-order valence-electron chi connectivity index (χ0n) is 12.7. The Bertz CT molecular complexity index is 447. The summed E-state index contributed by atoms with van der Waals surface area (Å²) in [5.41, 5.74) is 0.259. The molecule has 1 rings (SSSR count). The number of aliphatic hydroxyl groups is 1. The van der Waals surface area contributed by atoms with Crippen molar-refractivity contribution < 1.29 is 28.9 Å². The number of carbonyl (C=O) groups excluding carboxylic acids is 2. The molecule has 0 aromatic heterocycles. The SMILES string of the molecule is C=C(C)C(=O)O/C(=C(/C)C(=O)OCC1CO1)C(O)CCC. The number of hydrogen-bond donors (Lipinski definition) is 1. The predicted molar refractivity (Wildman–Crippen MR) is 75.2 cm³/mol. The fourth-order valence-corrected chi connectivity index (χ4v) is 1.53. The lowest BCUT2D eigenvalue weighted by Gasteiger charge is -2.17. The van der Waals surface area contributed by atoms with Crippen LogP contribution in [0.3, 0.4) is 0 Å². The van der Waals surface area contributed by atoms with E-state index >= 15 is 0 Å². The molecule has 0 saturated carbocycles. The predicted octanol–water partition coefficient (Wildman–Crippen LogP) is 1.48. The van der Waals surface area contributed by atoms with Gasteiger partial charge in [0.2, 0.25) is 0 Å². The number of hydrogen-bond acceptors (Lipinski definition) is 6. The van der Waals surface area contributed by atoms with Gasteiger partial charge in [0.05, 0.1) is 12.2 Å². The minimum absolute atomic E-state index is 0.0521. The summed E-state index contributed by atoms with van der Waals surface area (Å²) in [4.78, 5) is 23.5. The molecule has 0 radical (unpaired) electrons. The summed E-state index contributed by atoms with van der Waals surface area (Å²) < 4.78 is 15.1. The summed E-state index contributed by atoms with van der Waals surface area (Å²) in [7, 11) is 0. The first kappa shape index (κ1) is 17.4. The van der Waals surface area contributed by atoms with Gasteiger partial charge in [-0.2, -0.15) is 0 Å². The maximum atomic E-state index is 11.9. The van der Waals surface area contributed by atoms with E-state index in [-0.39, 0.29) is 29.6 Å². The fourth-order valence-electron chi connectivity index (χ4n) is 1.53. The van der Waals surface area contributed by atoms with Gasteiger partial charge in [-0.05, 0) is 20.3 Å². The quantitative estimate of drug-likeness (QED) is 0.316. The molecule has 0 spiro atoms. The van der Waals surface area contributed by atoms with E-state index in [1.165, 1.54) is 13.8 Å². The van der Waals surface area contributed by atoms with Gasteiger partial charge in [-0.25, -0.2) is 9.59 Å². The van der Waals surface area contributed by atoms with Crippen LogP contribution in [0.25, 0.3) is 0 Å². The summed E-state index contributed by atoms with van der Waals surface area (Å²) >= 11 is 0. The van der Waals surface area contributed by atoms with Gasteiger partial charge in [0, 0.05) is 5.57 Å². The molecular weight excluding hydrogens is 276 g/mol. The summed E-state index contributed by atoms with van der Waals surface area (Å²) in [6.07, 6.45) is -0.0466. The number of epoxide rings is 1. The van der Waals surface area contributed by atoms with Crippen molar-refractivity contribution in [2.45, 2.75) is 45.8 Å². The van der Waals surface area contributed by atoms with Crippen LogP contribution in [-0.2, 0) is 23.8 Å². The van der Waals surface area contributed by atoms with E-state index in [9.17, 15) is 14.7 Å². The van der Waals surface area contributed by atoms with Crippen molar-refractivity contribution in [3.05, 3.63) is 23.5 Å². The molecule has 6 nitrogen and oxygen atoms in total. The Balaban J connectivity index is 2.83. The minimum atomic E-state index is -1.04. The molecule has 0 aromatic carbocycles. The van der Waals surface area contributed by atoms with Crippen molar-refractivity contribution in [2.75, 3.05) is 13.2 Å². The highest BCUT2D eigenvalue weighted by atomic mass is 16.6. The van der Waals surface area contributed by atoms with E-state index in [1.54, 1.807) is 0 Å². The third-order valence-electron chi connectivity index (χ3n) is 2.89. The Labute approximate surface area is 124 Å². The van der Waals surface area contributed by atoms with Crippen LogP contribution in [0.1, 0.15) is 33.6 Å². The van der Waals surface area contributed by atoms with E-state index < -0.39 is 18.0 Å². The zero-order valence-corrected chi connectivity index (χ0v) is 12.7. The van der Waals surface area contributed by atoms with E-state index in [2.05, 4.69) is 6.58 Å². The number of esters is 2. The first-order valence-electron chi connectivity index (χ1n) is 6.92. The lowest BCUT2D eigenvalue weighted by atomic mass is 10.1. The highest BCUT2D eigenvalue weighted by Gasteiger charge is 2.27. The largest absolute Gasteiger partial charge is 0.459 e. The van der Waals surface area contributed by atoms with Crippen molar-refractivity contribution in [1.82, 2.24) is 0 Å². The highest BCUT2D eigenvalue weighted by Crippen LogP contribution is 2.19. The highest BCUT2D eigenvalue weighted by molar-refractivity contribution is 5.91. The van der Waals surface area contributed by atoms with Gasteiger partial charge in [-0.3, -0.25) is 0 Å². The maximum Gasteiger partial charge on any atom is 0.338 e. The van der Waals surface area contributed by atoms with Crippen LogP contribution in [0.2, 0.25) is 0 Å². The Morgan fingerprint density at radius 3 is 2.48 bits per heavy atom. The van der Waals surface area contributed by atoms with Crippen LogP contribution < -0.4 is 0 Å². The van der Waals surface area contributed by atoms with Gasteiger partial charge in [0.1, 0.15) is 24.6 Å². The van der Waals surface area contributed by atoms with Crippen molar-refractivity contribution >= 4 is 11.9 Å². The Hall–Kier alpha value is -1.66. The van der Waals surface area contributed by atoms with Gasteiger partial charge in [0.25, 0.3) is 0 Å². The molecule has 0 amide bonds. The van der Waals surface area contributed by atoms with Crippen molar-refractivity contribution in [3.63, 3.8) is 0 Å². The number of ether oxygens (including phenoxy) is 3. The number of carbonyl (C=O) groups is 2. The zero-order chi connectivity index (χ0) is 16.0. The summed E-state index contributed by atoms with van der Waals surface area (Å²) in [5, 5.41) is 10.1. The van der Waals surface area contributed by atoms with Gasteiger partial charge >= 0.3 is 11.9 Å². The molecule has 2 unspecified atom stereocenters. The second-order valence-electron chi connectivity index (χ2n) is 5.02. The van der Waals surface area contributed by atoms with Crippen LogP contribution >= 0.6 is 0 Å². The van der Waals surface area contributed by atoms with Crippen LogP contribution in [-0.4, -0.2) is 42.5 Å². The van der Waals surface area contributed by atoms with E-state index in [0.717, 1.165) is 0 Å². The molecule has 1 heterocycles. The Morgan fingerprint density at radius 1 is 1.38 bits per heavy atom. The standard InChI is InChI=1S/C15H22O6/c1-5-6-12(16)13(21-14(17)9(2)3)10(4)15(18)20-8-11-7-19-11/h11-12,16H,2,5-8H2,1,3-4H3/b13-10-. The molecule has 0 aromatic rings. The van der Waals surface area contributed by atoms with Gasteiger partial charge in [-0.15, -0.1) is 0 Å². The molecular formula is C15H22O6. The van der Waals surface area contributed by atoms with Gasteiger partial charge < -0.3 is 19.3 Å². The molecule has 118 valence electrons. The van der Waals surface area contributed by atoms with Crippen molar-refractivity contribution in [1.29, 1.82) is 0 Å². The molecule has 1 aliphatic heterocycles. The smallest absolute Gasteiger partial charge is 0.338 e. The summed E-state index contributed by atoms with van der Waals surface area (Å²) in [6, 6.07) is 0. The molecule has 1 saturated heterocycles. The second-order valence-corrected chi connectivity index (χ2v) is 5.02. The first-order chi connectivity index (χ1) is 9.86. The Morgan fingerprint density at radius 2 is 2.00 bits per heavy atom. The molecule has 0 aliphatic carbocycles. The van der Waals surface area contributed by atoms with Crippen LogP contribution in [0.4, 0.5) is 0 Å². The maximum absolute atomic E-state index is 11.9. The van der Waals surface area contributed by atoms with Gasteiger partial charge in [-0.1, -0.05) is 19.9 Å². The van der Waals surface area contributed by atoms with Gasteiger partial charge in [0.15, 0.2) is 0 Å². The monoisotopic (exact) mass is 298 g/mol. The molecule has 2 atom stereocenters. The van der Waals surface area contributed by atoms with Crippen LogP contribution in [0.15, 0.2) is 23.5 Å².